The van der Waals surface area contributed by atoms with Crippen molar-refractivity contribution < 1.29 is 4.74 Å². The number of anilines is 2. The molecule has 0 saturated carbocycles. The average Bonchev–Trinajstić information content (AvgIpc) is 2.82. The summed E-state index contributed by atoms with van der Waals surface area (Å²) in [7, 11) is 3.46. The Bertz CT molecular complexity index is 543. The molecule has 0 aliphatic heterocycles. The standard InChI is InChI=1S/C12H17N5OS/c1-8-9(19-7-15-8)5-14-11-4-10(13-2)16-12(17-11)6-18-3/h4,7H,5-6H2,1-3H3,(H2,13,14,16,17). The van der Waals surface area contributed by atoms with E-state index in [0.29, 0.717) is 19.0 Å². The molecule has 0 atom stereocenters. The van der Waals surface area contributed by atoms with E-state index in [1.165, 1.54) is 4.88 Å². The third-order valence-electron chi connectivity index (χ3n) is 2.58. The zero-order valence-corrected chi connectivity index (χ0v) is 12.0. The zero-order chi connectivity index (χ0) is 13.7. The van der Waals surface area contributed by atoms with Crippen LogP contribution in [0.25, 0.3) is 0 Å². The van der Waals surface area contributed by atoms with E-state index in [9.17, 15) is 0 Å². The van der Waals surface area contributed by atoms with Crippen LogP contribution < -0.4 is 10.6 Å². The lowest BCUT2D eigenvalue weighted by Crippen LogP contribution is -2.07. The predicted octanol–water partition coefficient (Wildman–Crippen LogP) is 2.04. The molecule has 2 heterocycles. The second-order valence-corrected chi connectivity index (χ2v) is 4.89. The van der Waals surface area contributed by atoms with Gasteiger partial charge in [0.25, 0.3) is 0 Å². The lowest BCUT2D eigenvalue weighted by atomic mass is 10.4. The third kappa shape index (κ3) is 3.62. The monoisotopic (exact) mass is 279 g/mol. The Labute approximate surface area is 116 Å². The molecule has 0 fully saturated rings. The van der Waals surface area contributed by atoms with Gasteiger partial charge < -0.3 is 15.4 Å². The minimum absolute atomic E-state index is 0.393. The van der Waals surface area contributed by atoms with Crippen LogP contribution >= 0.6 is 11.3 Å². The van der Waals surface area contributed by atoms with E-state index in [4.69, 9.17) is 4.74 Å². The number of ether oxygens (including phenoxy) is 1. The van der Waals surface area contributed by atoms with Crippen LogP contribution in [0.1, 0.15) is 16.4 Å². The van der Waals surface area contributed by atoms with E-state index in [1.54, 1.807) is 18.4 Å². The van der Waals surface area contributed by atoms with Gasteiger partial charge in [0.05, 0.1) is 17.7 Å². The lowest BCUT2D eigenvalue weighted by molar-refractivity contribution is 0.178. The van der Waals surface area contributed by atoms with E-state index < -0.39 is 0 Å². The number of hydrogen-bond donors (Lipinski definition) is 2. The maximum Gasteiger partial charge on any atom is 0.158 e. The highest BCUT2D eigenvalue weighted by atomic mass is 32.1. The highest BCUT2D eigenvalue weighted by molar-refractivity contribution is 7.09. The van der Waals surface area contributed by atoms with Crippen molar-refractivity contribution in [1.29, 1.82) is 0 Å². The molecule has 2 N–H and O–H groups in total. The fraction of sp³-hybridized carbons (Fsp3) is 0.417. The van der Waals surface area contributed by atoms with E-state index in [2.05, 4.69) is 25.6 Å². The molecule has 0 aliphatic rings. The Morgan fingerprint density at radius 1 is 1.32 bits per heavy atom. The first-order chi connectivity index (χ1) is 9.22. The molecular formula is C12H17N5OS. The zero-order valence-electron chi connectivity index (χ0n) is 11.2. The number of methoxy groups -OCH3 is 1. The molecule has 0 aromatic carbocycles. The van der Waals surface area contributed by atoms with Crippen molar-refractivity contribution in [2.45, 2.75) is 20.1 Å². The van der Waals surface area contributed by atoms with Crippen LogP contribution in [0.2, 0.25) is 0 Å². The van der Waals surface area contributed by atoms with E-state index in [1.807, 2.05) is 25.5 Å². The molecule has 0 spiro atoms. The first kappa shape index (κ1) is 13.7. The number of nitrogens with one attached hydrogen (secondary N) is 2. The van der Waals surface area contributed by atoms with Crippen LogP contribution in [-0.4, -0.2) is 29.1 Å². The molecule has 0 unspecified atom stereocenters. The minimum Gasteiger partial charge on any atom is -0.377 e. The van der Waals surface area contributed by atoms with Crippen molar-refractivity contribution in [2.24, 2.45) is 0 Å². The summed E-state index contributed by atoms with van der Waals surface area (Å²) in [6.07, 6.45) is 0. The molecule has 102 valence electrons. The second kappa shape index (κ2) is 6.44. The van der Waals surface area contributed by atoms with Crippen molar-refractivity contribution in [2.75, 3.05) is 24.8 Å². The fourth-order valence-corrected chi connectivity index (χ4v) is 2.29. The molecule has 2 aromatic heterocycles. The van der Waals surface area contributed by atoms with Gasteiger partial charge in [0.1, 0.15) is 18.2 Å². The molecule has 0 radical (unpaired) electrons. The van der Waals surface area contributed by atoms with Crippen LogP contribution in [0.3, 0.4) is 0 Å². The molecular weight excluding hydrogens is 262 g/mol. The Hall–Kier alpha value is -1.73. The van der Waals surface area contributed by atoms with Gasteiger partial charge in [-0.1, -0.05) is 0 Å². The van der Waals surface area contributed by atoms with E-state index >= 15 is 0 Å². The molecule has 2 rings (SSSR count). The van der Waals surface area contributed by atoms with Gasteiger partial charge in [0, 0.05) is 25.1 Å². The molecule has 7 heteroatoms. The van der Waals surface area contributed by atoms with Gasteiger partial charge in [-0.15, -0.1) is 11.3 Å². The summed E-state index contributed by atoms with van der Waals surface area (Å²) < 4.78 is 5.06. The Kier molecular flexibility index (Phi) is 4.64. The summed E-state index contributed by atoms with van der Waals surface area (Å²) in [5.74, 6) is 2.20. The van der Waals surface area contributed by atoms with Crippen molar-refractivity contribution >= 4 is 23.0 Å². The minimum atomic E-state index is 0.393. The second-order valence-electron chi connectivity index (χ2n) is 3.95. The SMILES string of the molecule is CNc1cc(NCc2scnc2C)nc(COC)n1. The third-order valence-corrected chi connectivity index (χ3v) is 3.51. The van der Waals surface area contributed by atoms with Gasteiger partial charge in [-0.25, -0.2) is 15.0 Å². The molecule has 0 saturated heterocycles. The van der Waals surface area contributed by atoms with Gasteiger partial charge >= 0.3 is 0 Å². The molecule has 0 amide bonds. The molecule has 0 bridgehead atoms. The number of rotatable bonds is 6. The summed E-state index contributed by atoms with van der Waals surface area (Å²) in [6.45, 7) is 3.11. The summed E-state index contributed by atoms with van der Waals surface area (Å²) in [4.78, 5) is 14.1. The first-order valence-electron chi connectivity index (χ1n) is 5.90. The Morgan fingerprint density at radius 3 is 2.74 bits per heavy atom. The Balaban J connectivity index is 2.10. The number of aromatic nitrogens is 3. The largest absolute Gasteiger partial charge is 0.377 e. The van der Waals surface area contributed by atoms with Gasteiger partial charge in [-0.3, -0.25) is 0 Å². The van der Waals surface area contributed by atoms with Crippen molar-refractivity contribution in [3.63, 3.8) is 0 Å². The first-order valence-corrected chi connectivity index (χ1v) is 6.78. The molecule has 19 heavy (non-hydrogen) atoms. The summed E-state index contributed by atoms with van der Waals surface area (Å²) in [5.41, 5.74) is 2.90. The smallest absolute Gasteiger partial charge is 0.158 e. The molecule has 6 nitrogen and oxygen atoms in total. The van der Waals surface area contributed by atoms with Crippen molar-refractivity contribution in [1.82, 2.24) is 15.0 Å². The number of aryl methyl sites for hydroxylation is 1. The topological polar surface area (TPSA) is 72.0 Å². The Morgan fingerprint density at radius 2 is 2.11 bits per heavy atom. The summed E-state index contributed by atoms with van der Waals surface area (Å²) in [5, 5.41) is 6.30. The van der Waals surface area contributed by atoms with Crippen LogP contribution in [0.15, 0.2) is 11.6 Å². The van der Waals surface area contributed by atoms with Crippen LogP contribution in [0, 0.1) is 6.92 Å². The normalized spacial score (nSPS) is 10.5. The summed E-state index contributed by atoms with van der Waals surface area (Å²) in [6, 6.07) is 1.87. The number of thiazole rings is 1. The highest BCUT2D eigenvalue weighted by Gasteiger charge is 2.05. The number of hydrogen-bond acceptors (Lipinski definition) is 7. The molecule has 2 aromatic rings. The van der Waals surface area contributed by atoms with Crippen molar-refractivity contribution in [3.8, 4) is 0 Å². The van der Waals surface area contributed by atoms with Crippen LogP contribution in [0.4, 0.5) is 11.6 Å². The van der Waals surface area contributed by atoms with Gasteiger partial charge in [0.2, 0.25) is 0 Å². The van der Waals surface area contributed by atoms with E-state index in [-0.39, 0.29) is 0 Å². The number of nitrogens with zero attached hydrogens (tertiary/aromatic N) is 3. The summed E-state index contributed by atoms with van der Waals surface area (Å²) >= 11 is 1.64. The van der Waals surface area contributed by atoms with Gasteiger partial charge in [-0.2, -0.15) is 0 Å². The van der Waals surface area contributed by atoms with Crippen LogP contribution in [0.5, 0.6) is 0 Å². The van der Waals surface area contributed by atoms with Crippen molar-refractivity contribution in [3.05, 3.63) is 28.0 Å². The quantitative estimate of drug-likeness (QED) is 0.843. The fourth-order valence-electron chi connectivity index (χ4n) is 1.58. The van der Waals surface area contributed by atoms with Gasteiger partial charge in [0.15, 0.2) is 5.82 Å². The maximum atomic E-state index is 5.06. The maximum absolute atomic E-state index is 5.06. The lowest BCUT2D eigenvalue weighted by Gasteiger charge is -2.09. The predicted molar refractivity (Wildman–Crippen MR) is 76.5 cm³/mol. The highest BCUT2D eigenvalue weighted by Crippen LogP contribution is 2.16. The van der Waals surface area contributed by atoms with Crippen LogP contribution in [-0.2, 0) is 17.9 Å². The molecule has 0 aliphatic carbocycles. The van der Waals surface area contributed by atoms with Gasteiger partial charge in [-0.05, 0) is 6.92 Å². The average molecular weight is 279 g/mol. The van der Waals surface area contributed by atoms with E-state index in [0.717, 1.165) is 17.3 Å².